The summed E-state index contributed by atoms with van der Waals surface area (Å²) in [6, 6.07) is 7.55. The molecule has 1 aromatic carbocycles. The van der Waals surface area contributed by atoms with Gasteiger partial charge >= 0.3 is 0 Å². The van der Waals surface area contributed by atoms with Gasteiger partial charge in [0.25, 0.3) is 0 Å². The summed E-state index contributed by atoms with van der Waals surface area (Å²) in [6.07, 6.45) is 2.18. The van der Waals surface area contributed by atoms with Crippen LogP contribution in [0.2, 0.25) is 5.02 Å². The van der Waals surface area contributed by atoms with E-state index in [0.717, 1.165) is 11.0 Å². The topological polar surface area (TPSA) is 60.4 Å². The van der Waals surface area contributed by atoms with E-state index in [9.17, 15) is 5.11 Å². The number of hydrogen-bond acceptors (Lipinski definition) is 4. The molecule has 3 rings (SSSR count). The highest BCUT2D eigenvalue weighted by atomic mass is 35.5. The average molecular weight is 307 g/mol. The molecule has 0 amide bonds. The van der Waals surface area contributed by atoms with E-state index in [1.165, 1.54) is 6.20 Å². The Bertz CT molecular complexity index is 750. The van der Waals surface area contributed by atoms with Crippen LogP contribution in [0.15, 0.2) is 41.1 Å². The van der Waals surface area contributed by atoms with Crippen LogP contribution < -0.4 is 0 Å². The molecular weight excluding hydrogens is 292 g/mol. The number of aromatic nitrogens is 2. The molecule has 1 unspecified atom stereocenters. The molecule has 0 aliphatic heterocycles. The van der Waals surface area contributed by atoms with Crippen molar-refractivity contribution < 1.29 is 14.3 Å². The Labute approximate surface area is 126 Å². The third-order valence-electron chi connectivity index (χ3n) is 3.40. The van der Waals surface area contributed by atoms with E-state index in [2.05, 4.69) is 5.10 Å². The summed E-state index contributed by atoms with van der Waals surface area (Å²) >= 11 is 6.17. The summed E-state index contributed by atoms with van der Waals surface area (Å²) in [6.45, 7) is 1.01. The molecule has 0 aliphatic carbocycles. The molecule has 0 saturated heterocycles. The van der Waals surface area contributed by atoms with Gasteiger partial charge in [-0.2, -0.15) is 5.10 Å². The number of ether oxygens (including phenoxy) is 1. The Morgan fingerprint density at radius 1 is 1.43 bits per heavy atom. The van der Waals surface area contributed by atoms with Crippen LogP contribution in [-0.4, -0.2) is 28.6 Å². The lowest BCUT2D eigenvalue weighted by Gasteiger charge is -2.13. The van der Waals surface area contributed by atoms with Gasteiger partial charge in [-0.05, 0) is 6.07 Å². The van der Waals surface area contributed by atoms with Crippen LogP contribution in [-0.2, 0) is 11.3 Å². The van der Waals surface area contributed by atoms with Crippen molar-refractivity contribution >= 4 is 22.6 Å². The van der Waals surface area contributed by atoms with Crippen LogP contribution in [0.1, 0.15) is 17.4 Å². The minimum atomic E-state index is -0.902. The molecule has 6 heteroatoms. The van der Waals surface area contributed by atoms with Crippen molar-refractivity contribution in [3.63, 3.8) is 0 Å². The standard InChI is InChI=1S/C15H15ClN2O3/c1-20-7-6-18-14(12(16)8-17-18)15(19)11-9-21-13-5-3-2-4-10(11)13/h2-5,8-9,15,19H,6-7H2,1H3. The van der Waals surface area contributed by atoms with Gasteiger partial charge in [0, 0.05) is 18.1 Å². The SMILES string of the molecule is COCCn1ncc(Cl)c1C(O)c1coc2ccccc12. The van der Waals surface area contributed by atoms with E-state index >= 15 is 0 Å². The van der Waals surface area contributed by atoms with Crippen molar-refractivity contribution in [2.75, 3.05) is 13.7 Å². The van der Waals surface area contributed by atoms with Gasteiger partial charge in [-0.25, -0.2) is 0 Å². The number of aliphatic hydroxyl groups excluding tert-OH is 1. The smallest absolute Gasteiger partial charge is 0.134 e. The summed E-state index contributed by atoms with van der Waals surface area (Å²) in [4.78, 5) is 0. The molecule has 21 heavy (non-hydrogen) atoms. The summed E-state index contributed by atoms with van der Waals surface area (Å²) in [7, 11) is 1.62. The van der Waals surface area contributed by atoms with Crippen LogP contribution in [0.5, 0.6) is 0 Å². The highest BCUT2D eigenvalue weighted by Gasteiger charge is 2.23. The molecule has 3 aromatic rings. The highest BCUT2D eigenvalue weighted by molar-refractivity contribution is 6.31. The second-order valence-electron chi connectivity index (χ2n) is 4.68. The van der Waals surface area contributed by atoms with Crippen molar-refractivity contribution in [1.29, 1.82) is 0 Å². The Morgan fingerprint density at radius 2 is 2.24 bits per heavy atom. The molecular formula is C15H15ClN2O3. The van der Waals surface area contributed by atoms with Crippen molar-refractivity contribution in [1.82, 2.24) is 9.78 Å². The fraction of sp³-hybridized carbons (Fsp3) is 0.267. The maximum atomic E-state index is 10.7. The number of methoxy groups -OCH3 is 1. The monoisotopic (exact) mass is 306 g/mol. The zero-order valence-electron chi connectivity index (χ0n) is 11.5. The van der Waals surface area contributed by atoms with Gasteiger partial charge in [-0.1, -0.05) is 29.8 Å². The molecule has 1 atom stereocenters. The summed E-state index contributed by atoms with van der Waals surface area (Å²) < 4.78 is 12.2. The lowest BCUT2D eigenvalue weighted by molar-refractivity contribution is 0.171. The minimum Gasteiger partial charge on any atom is -0.464 e. The molecule has 5 nitrogen and oxygen atoms in total. The van der Waals surface area contributed by atoms with Crippen LogP contribution in [0.4, 0.5) is 0 Å². The molecule has 0 aliphatic rings. The fourth-order valence-electron chi connectivity index (χ4n) is 2.36. The van der Waals surface area contributed by atoms with Crippen LogP contribution >= 0.6 is 11.6 Å². The van der Waals surface area contributed by atoms with Gasteiger partial charge in [0.1, 0.15) is 11.7 Å². The van der Waals surface area contributed by atoms with E-state index in [1.54, 1.807) is 18.1 Å². The van der Waals surface area contributed by atoms with Crippen LogP contribution in [0.25, 0.3) is 11.0 Å². The number of benzene rings is 1. The number of furan rings is 1. The largest absolute Gasteiger partial charge is 0.464 e. The van der Waals surface area contributed by atoms with Gasteiger partial charge in [-0.3, -0.25) is 4.68 Å². The molecule has 0 spiro atoms. The first-order valence-corrected chi connectivity index (χ1v) is 6.94. The number of nitrogens with zero attached hydrogens (tertiary/aromatic N) is 2. The van der Waals surface area contributed by atoms with Crippen molar-refractivity contribution in [3.8, 4) is 0 Å². The molecule has 1 N–H and O–H groups in total. The zero-order chi connectivity index (χ0) is 14.8. The summed E-state index contributed by atoms with van der Waals surface area (Å²) in [5.41, 5.74) is 1.94. The van der Waals surface area contributed by atoms with Crippen molar-refractivity contribution in [3.05, 3.63) is 53.0 Å². The normalized spacial score (nSPS) is 12.9. The summed E-state index contributed by atoms with van der Waals surface area (Å²) in [5.74, 6) is 0. The van der Waals surface area contributed by atoms with Gasteiger partial charge in [0.05, 0.1) is 36.3 Å². The maximum Gasteiger partial charge on any atom is 0.134 e. The fourth-order valence-corrected chi connectivity index (χ4v) is 2.60. The summed E-state index contributed by atoms with van der Waals surface area (Å²) in [5, 5.41) is 16.1. The number of aliphatic hydroxyl groups is 1. The third kappa shape index (κ3) is 2.55. The lowest BCUT2D eigenvalue weighted by atomic mass is 10.1. The van der Waals surface area contributed by atoms with Crippen molar-refractivity contribution in [2.24, 2.45) is 0 Å². The van der Waals surface area contributed by atoms with Gasteiger partial charge in [0.2, 0.25) is 0 Å². The maximum absolute atomic E-state index is 10.7. The zero-order valence-corrected chi connectivity index (χ0v) is 12.2. The number of para-hydroxylation sites is 1. The van der Waals surface area contributed by atoms with Gasteiger partial charge in [0.15, 0.2) is 0 Å². The number of fused-ring (bicyclic) bond motifs is 1. The Hall–Kier alpha value is -1.82. The Kier molecular flexibility index (Phi) is 3.96. The number of hydrogen-bond donors (Lipinski definition) is 1. The van der Waals surface area contributed by atoms with E-state index in [-0.39, 0.29) is 0 Å². The molecule has 2 heterocycles. The van der Waals surface area contributed by atoms with Crippen LogP contribution in [0, 0.1) is 0 Å². The van der Waals surface area contributed by atoms with Gasteiger partial charge in [-0.15, -0.1) is 0 Å². The highest BCUT2D eigenvalue weighted by Crippen LogP contribution is 2.33. The lowest BCUT2D eigenvalue weighted by Crippen LogP contribution is -2.13. The predicted molar refractivity (Wildman–Crippen MR) is 79.4 cm³/mol. The second-order valence-corrected chi connectivity index (χ2v) is 5.09. The molecule has 110 valence electrons. The number of rotatable bonds is 5. The Morgan fingerprint density at radius 3 is 3.05 bits per heavy atom. The quantitative estimate of drug-likeness (QED) is 0.787. The van der Waals surface area contributed by atoms with Gasteiger partial charge < -0.3 is 14.3 Å². The minimum absolute atomic E-state index is 0.420. The van der Waals surface area contributed by atoms with E-state index < -0.39 is 6.10 Å². The molecule has 0 saturated carbocycles. The van der Waals surface area contributed by atoms with Crippen LogP contribution in [0.3, 0.4) is 0 Å². The second kappa shape index (κ2) is 5.89. The molecule has 2 aromatic heterocycles. The van der Waals surface area contributed by atoms with E-state index in [4.69, 9.17) is 20.8 Å². The molecule has 0 radical (unpaired) electrons. The van der Waals surface area contributed by atoms with E-state index in [1.807, 2.05) is 24.3 Å². The first-order valence-electron chi connectivity index (χ1n) is 6.56. The number of halogens is 1. The third-order valence-corrected chi connectivity index (χ3v) is 3.70. The van der Waals surface area contributed by atoms with E-state index in [0.29, 0.717) is 29.4 Å². The first-order chi connectivity index (χ1) is 10.2. The molecule has 0 bridgehead atoms. The molecule has 0 fully saturated rings. The van der Waals surface area contributed by atoms with Crippen molar-refractivity contribution in [2.45, 2.75) is 12.6 Å². The Balaban J connectivity index is 2.02. The predicted octanol–water partition coefficient (Wildman–Crippen LogP) is 3.01. The average Bonchev–Trinajstić information content (AvgIpc) is 3.08. The first kappa shape index (κ1) is 14.1.